The summed E-state index contributed by atoms with van der Waals surface area (Å²) < 4.78 is 5.46. The lowest BCUT2D eigenvalue weighted by Crippen LogP contribution is -2.58. The maximum Gasteiger partial charge on any atom is 0.229 e. The highest BCUT2D eigenvalue weighted by Crippen LogP contribution is 2.26. The van der Waals surface area contributed by atoms with Crippen molar-refractivity contribution in [2.45, 2.75) is 32.1 Å². The van der Waals surface area contributed by atoms with Gasteiger partial charge in [-0.15, -0.1) is 0 Å². The molecule has 2 aliphatic heterocycles. The van der Waals surface area contributed by atoms with Crippen LogP contribution >= 0.6 is 0 Å². The number of nitrogens with zero attached hydrogens (tertiary/aromatic N) is 1. The van der Waals surface area contributed by atoms with E-state index in [1.54, 1.807) is 4.90 Å². The first-order valence-electron chi connectivity index (χ1n) is 3.72. The molecule has 2 heterocycles. The summed E-state index contributed by atoms with van der Waals surface area (Å²) in [5.74, 6) is 0.247. The Balaban J connectivity index is 1.99. The summed E-state index contributed by atoms with van der Waals surface area (Å²) in [4.78, 5) is 12.6. The summed E-state index contributed by atoms with van der Waals surface area (Å²) in [5, 5.41) is 0. The Hall–Kier alpha value is -0.570. The molecule has 1 unspecified atom stereocenters. The first-order chi connectivity index (χ1) is 4.77. The van der Waals surface area contributed by atoms with Gasteiger partial charge < -0.3 is 9.64 Å². The number of rotatable bonds is 0. The molecular formula is C7H11NO2. The number of fused-ring (bicyclic) bond motifs is 1. The van der Waals surface area contributed by atoms with E-state index in [9.17, 15) is 4.79 Å². The second-order valence-corrected chi connectivity index (χ2v) is 2.98. The predicted octanol–water partition coefficient (Wildman–Crippen LogP) is 0.354. The van der Waals surface area contributed by atoms with Gasteiger partial charge in [-0.1, -0.05) is 0 Å². The van der Waals surface area contributed by atoms with Crippen molar-refractivity contribution in [2.75, 3.05) is 6.54 Å². The SMILES string of the molecule is CC1CCN2C(=O)C[C@@H]2O1. The molecule has 0 saturated carbocycles. The molecule has 0 aromatic carbocycles. The Bertz CT molecular complexity index is 169. The molecule has 2 aliphatic rings. The van der Waals surface area contributed by atoms with Crippen LogP contribution in [0.4, 0.5) is 0 Å². The summed E-state index contributed by atoms with van der Waals surface area (Å²) in [6.07, 6.45) is 2.05. The van der Waals surface area contributed by atoms with Crippen molar-refractivity contribution >= 4 is 5.91 Å². The number of amides is 1. The predicted molar refractivity (Wildman–Crippen MR) is 35.3 cm³/mol. The van der Waals surface area contributed by atoms with E-state index in [0.29, 0.717) is 12.5 Å². The van der Waals surface area contributed by atoms with Crippen LogP contribution in [0.3, 0.4) is 0 Å². The largest absolute Gasteiger partial charge is 0.355 e. The van der Waals surface area contributed by atoms with E-state index in [4.69, 9.17) is 4.74 Å². The minimum atomic E-state index is 0.122. The van der Waals surface area contributed by atoms with Crippen LogP contribution in [0.15, 0.2) is 0 Å². The number of β-lactam (4-membered cyclic amide) rings is 1. The molecule has 0 aromatic heterocycles. The van der Waals surface area contributed by atoms with Gasteiger partial charge in [0.2, 0.25) is 5.91 Å². The summed E-state index contributed by atoms with van der Waals surface area (Å²) in [6, 6.07) is 0. The first kappa shape index (κ1) is 6.16. The molecule has 0 N–H and O–H groups in total. The molecule has 3 nitrogen and oxygen atoms in total. The average Bonchev–Trinajstić information content (AvgIpc) is 1.86. The summed E-state index contributed by atoms with van der Waals surface area (Å²) in [7, 11) is 0. The maximum atomic E-state index is 10.8. The summed E-state index contributed by atoms with van der Waals surface area (Å²) in [6.45, 7) is 2.95. The fourth-order valence-electron chi connectivity index (χ4n) is 1.47. The Morgan fingerprint density at radius 3 is 3.10 bits per heavy atom. The molecule has 10 heavy (non-hydrogen) atoms. The third-order valence-electron chi connectivity index (χ3n) is 2.18. The molecule has 2 saturated heterocycles. The van der Waals surface area contributed by atoms with E-state index in [1.165, 1.54) is 0 Å². The molecule has 0 aromatic rings. The lowest BCUT2D eigenvalue weighted by molar-refractivity contribution is -0.198. The normalized spacial score (nSPS) is 38.9. The highest BCUT2D eigenvalue weighted by atomic mass is 16.5. The van der Waals surface area contributed by atoms with Crippen molar-refractivity contribution in [1.82, 2.24) is 4.90 Å². The highest BCUT2D eigenvalue weighted by molar-refractivity contribution is 5.82. The minimum Gasteiger partial charge on any atom is -0.355 e. The van der Waals surface area contributed by atoms with Crippen LogP contribution in [0.2, 0.25) is 0 Å². The Morgan fingerprint density at radius 2 is 2.50 bits per heavy atom. The second-order valence-electron chi connectivity index (χ2n) is 2.98. The second kappa shape index (κ2) is 1.95. The van der Waals surface area contributed by atoms with Crippen LogP contribution in [0.5, 0.6) is 0 Å². The van der Waals surface area contributed by atoms with Gasteiger partial charge in [-0.05, 0) is 13.3 Å². The fraction of sp³-hybridized carbons (Fsp3) is 0.857. The molecule has 0 bridgehead atoms. The molecule has 0 aliphatic carbocycles. The number of carbonyl (C=O) groups excluding carboxylic acids is 1. The van der Waals surface area contributed by atoms with E-state index in [-0.39, 0.29) is 12.1 Å². The average molecular weight is 141 g/mol. The maximum absolute atomic E-state index is 10.8. The zero-order valence-corrected chi connectivity index (χ0v) is 6.04. The molecule has 0 radical (unpaired) electrons. The van der Waals surface area contributed by atoms with E-state index in [2.05, 4.69) is 6.92 Å². The van der Waals surface area contributed by atoms with Crippen molar-refractivity contribution in [3.8, 4) is 0 Å². The number of hydrogen-bond acceptors (Lipinski definition) is 2. The summed E-state index contributed by atoms with van der Waals surface area (Å²) in [5.41, 5.74) is 0. The standard InChI is InChI=1S/C7H11NO2/c1-5-2-3-8-6(9)4-7(8)10-5/h5,7H,2-4H2,1H3/t5?,7-/m0/s1. The van der Waals surface area contributed by atoms with Gasteiger partial charge in [0, 0.05) is 6.54 Å². The number of hydrogen-bond donors (Lipinski definition) is 0. The smallest absolute Gasteiger partial charge is 0.229 e. The molecular weight excluding hydrogens is 130 g/mol. The topological polar surface area (TPSA) is 29.5 Å². The van der Waals surface area contributed by atoms with Crippen LogP contribution < -0.4 is 0 Å². The Morgan fingerprint density at radius 1 is 1.70 bits per heavy atom. The van der Waals surface area contributed by atoms with Crippen LogP contribution in [0.25, 0.3) is 0 Å². The van der Waals surface area contributed by atoms with Crippen LogP contribution in [0, 0.1) is 0 Å². The van der Waals surface area contributed by atoms with Gasteiger partial charge in [0.05, 0.1) is 12.5 Å². The third kappa shape index (κ3) is 0.736. The van der Waals surface area contributed by atoms with E-state index in [0.717, 1.165) is 13.0 Å². The van der Waals surface area contributed by atoms with Crippen LogP contribution in [-0.2, 0) is 9.53 Å². The monoisotopic (exact) mass is 141 g/mol. The van der Waals surface area contributed by atoms with Crippen molar-refractivity contribution in [1.29, 1.82) is 0 Å². The number of carbonyl (C=O) groups is 1. The Labute approximate surface area is 60.0 Å². The van der Waals surface area contributed by atoms with Gasteiger partial charge in [0.1, 0.15) is 6.23 Å². The van der Waals surface area contributed by atoms with Gasteiger partial charge in [0.25, 0.3) is 0 Å². The van der Waals surface area contributed by atoms with Crippen LogP contribution in [0.1, 0.15) is 19.8 Å². The highest BCUT2D eigenvalue weighted by Gasteiger charge is 2.40. The van der Waals surface area contributed by atoms with E-state index < -0.39 is 0 Å². The zero-order valence-electron chi connectivity index (χ0n) is 6.04. The van der Waals surface area contributed by atoms with Gasteiger partial charge in [-0.3, -0.25) is 4.79 Å². The van der Waals surface area contributed by atoms with Crippen molar-refractivity contribution in [3.05, 3.63) is 0 Å². The van der Waals surface area contributed by atoms with Crippen molar-refractivity contribution in [2.24, 2.45) is 0 Å². The molecule has 2 fully saturated rings. The molecule has 2 atom stereocenters. The summed E-state index contributed by atoms with van der Waals surface area (Å²) >= 11 is 0. The van der Waals surface area contributed by atoms with Crippen molar-refractivity contribution in [3.63, 3.8) is 0 Å². The molecule has 2 rings (SSSR count). The van der Waals surface area contributed by atoms with Gasteiger partial charge >= 0.3 is 0 Å². The third-order valence-corrected chi connectivity index (χ3v) is 2.18. The first-order valence-corrected chi connectivity index (χ1v) is 3.72. The Kier molecular flexibility index (Phi) is 1.20. The van der Waals surface area contributed by atoms with Gasteiger partial charge in [0.15, 0.2) is 0 Å². The molecule has 56 valence electrons. The molecule has 3 heteroatoms. The fourth-order valence-corrected chi connectivity index (χ4v) is 1.47. The van der Waals surface area contributed by atoms with Crippen molar-refractivity contribution < 1.29 is 9.53 Å². The lowest BCUT2D eigenvalue weighted by atomic mass is 10.1. The van der Waals surface area contributed by atoms with E-state index in [1.807, 2.05) is 0 Å². The lowest BCUT2D eigenvalue weighted by Gasteiger charge is -2.45. The molecule has 0 spiro atoms. The van der Waals surface area contributed by atoms with Gasteiger partial charge in [-0.2, -0.15) is 0 Å². The van der Waals surface area contributed by atoms with E-state index >= 15 is 0 Å². The number of ether oxygens (including phenoxy) is 1. The zero-order chi connectivity index (χ0) is 7.14. The van der Waals surface area contributed by atoms with Crippen LogP contribution in [-0.4, -0.2) is 29.7 Å². The minimum absolute atomic E-state index is 0.122. The van der Waals surface area contributed by atoms with Gasteiger partial charge in [-0.25, -0.2) is 0 Å². The molecule has 1 amide bonds. The quantitative estimate of drug-likeness (QED) is 0.456.